The van der Waals surface area contributed by atoms with E-state index in [1.54, 1.807) is 0 Å². The van der Waals surface area contributed by atoms with E-state index in [0.717, 1.165) is 12.8 Å². The van der Waals surface area contributed by atoms with Gasteiger partial charge in [0.25, 0.3) is 0 Å². The zero-order valence-electron chi connectivity index (χ0n) is 12.4. The van der Waals surface area contributed by atoms with Gasteiger partial charge < -0.3 is 9.84 Å². The summed E-state index contributed by atoms with van der Waals surface area (Å²) in [7, 11) is 0. The SMILES string of the molecule is CCCCCCCCCCCCCC1OC1C(=O)O. The molecule has 19 heavy (non-hydrogen) atoms. The molecule has 0 aromatic rings. The van der Waals surface area contributed by atoms with E-state index in [1.165, 1.54) is 64.2 Å². The van der Waals surface area contributed by atoms with Crippen LogP contribution in [0.3, 0.4) is 0 Å². The molecule has 3 nitrogen and oxygen atoms in total. The maximum Gasteiger partial charge on any atom is 0.335 e. The quantitative estimate of drug-likeness (QED) is 0.395. The molecular formula is C16H30O3. The Labute approximate surface area is 117 Å². The zero-order valence-corrected chi connectivity index (χ0v) is 12.4. The van der Waals surface area contributed by atoms with Gasteiger partial charge in [-0.25, -0.2) is 4.79 Å². The number of hydrogen-bond acceptors (Lipinski definition) is 2. The zero-order chi connectivity index (χ0) is 13.9. The van der Waals surface area contributed by atoms with Crippen molar-refractivity contribution in [1.82, 2.24) is 0 Å². The summed E-state index contributed by atoms with van der Waals surface area (Å²) in [4.78, 5) is 10.5. The molecule has 1 saturated heterocycles. The van der Waals surface area contributed by atoms with Gasteiger partial charge in [-0.1, -0.05) is 77.6 Å². The molecule has 0 radical (unpaired) electrons. The Kier molecular flexibility index (Phi) is 8.89. The first-order chi connectivity index (χ1) is 9.25. The van der Waals surface area contributed by atoms with E-state index in [0.29, 0.717) is 0 Å². The van der Waals surface area contributed by atoms with Crippen molar-refractivity contribution in [3.63, 3.8) is 0 Å². The van der Waals surface area contributed by atoms with Crippen LogP contribution in [0.2, 0.25) is 0 Å². The first-order valence-corrected chi connectivity index (χ1v) is 8.14. The number of rotatable bonds is 13. The Balaban J connectivity index is 1.71. The van der Waals surface area contributed by atoms with Crippen LogP contribution in [-0.2, 0) is 9.53 Å². The van der Waals surface area contributed by atoms with E-state index < -0.39 is 12.1 Å². The highest BCUT2D eigenvalue weighted by Gasteiger charge is 2.44. The summed E-state index contributed by atoms with van der Waals surface area (Å²) in [5.74, 6) is -0.798. The highest BCUT2D eigenvalue weighted by atomic mass is 16.6. The molecule has 0 aromatic heterocycles. The summed E-state index contributed by atoms with van der Waals surface area (Å²) in [5, 5.41) is 8.68. The van der Waals surface area contributed by atoms with Crippen LogP contribution in [-0.4, -0.2) is 23.3 Å². The molecule has 2 unspecified atom stereocenters. The predicted molar refractivity (Wildman–Crippen MR) is 77.4 cm³/mol. The second-order valence-electron chi connectivity index (χ2n) is 5.76. The number of carboxylic acids is 1. The largest absolute Gasteiger partial charge is 0.479 e. The van der Waals surface area contributed by atoms with Crippen molar-refractivity contribution < 1.29 is 14.6 Å². The van der Waals surface area contributed by atoms with Crippen molar-refractivity contribution in [3.05, 3.63) is 0 Å². The van der Waals surface area contributed by atoms with Crippen molar-refractivity contribution in [2.45, 2.75) is 96.2 Å². The van der Waals surface area contributed by atoms with Crippen LogP contribution in [0.15, 0.2) is 0 Å². The average Bonchev–Trinajstić information content (AvgIpc) is 3.16. The van der Waals surface area contributed by atoms with Crippen LogP contribution in [0.4, 0.5) is 0 Å². The summed E-state index contributed by atoms with van der Waals surface area (Å²) < 4.78 is 5.07. The number of aliphatic carboxylic acids is 1. The van der Waals surface area contributed by atoms with Crippen LogP contribution in [0.1, 0.15) is 84.0 Å². The molecule has 1 heterocycles. The van der Waals surface area contributed by atoms with Gasteiger partial charge in [-0.3, -0.25) is 0 Å². The molecule has 2 atom stereocenters. The van der Waals surface area contributed by atoms with E-state index in [9.17, 15) is 4.79 Å². The molecule has 112 valence electrons. The molecule has 1 aliphatic rings. The van der Waals surface area contributed by atoms with Gasteiger partial charge in [0.1, 0.15) is 0 Å². The van der Waals surface area contributed by atoms with Crippen molar-refractivity contribution >= 4 is 5.97 Å². The highest BCUT2D eigenvalue weighted by Crippen LogP contribution is 2.27. The molecule has 0 bridgehead atoms. The van der Waals surface area contributed by atoms with Crippen molar-refractivity contribution in [2.24, 2.45) is 0 Å². The molecule has 0 spiro atoms. The summed E-state index contributed by atoms with van der Waals surface area (Å²) in [5.41, 5.74) is 0. The topological polar surface area (TPSA) is 49.8 Å². The summed E-state index contributed by atoms with van der Waals surface area (Å²) in [6, 6.07) is 0. The normalized spacial score (nSPS) is 21.5. The van der Waals surface area contributed by atoms with Gasteiger partial charge >= 0.3 is 5.97 Å². The number of ether oxygens (including phenoxy) is 1. The molecular weight excluding hydrogens is 240 g/mol. The Hall–Kier alpha value is -0.570. The van der Waals surface area contributed by atoms with Crippen molar-refractivity contribution in [1.29, 1.82) is 0 Å². The molecule has 1 rings (SSSR count). The van der Waals surface area contributed by atoms with E-state index in [2.05, 4.69) is 6.92 Å². The van der Waals surface area contributed by atoms with Crippen LogP contribution >= 0.6 is 0 Å². The number of epoxide rings is 1. The fourth-order valence-electron chi connectivity index (χ4n) is 2.59. The fraction of sp³-hybridized carbons (Fsp3) is 0.938. The fourth-order valence-corrected chi connectivity index (χ4v) is 2.59. The lowest BCUT2D eigenvalue weighted by Gasteiger charge is -2.02. The van der Waals surface area contributed by atoms with E-state index in [1.807, 2.05) is 0 Å². The van der Waals surface area contributed by atoms with Gasteiger partial charge in [-0.2, -0.15) is 0 Å². The Morgan fingerprint density at radius 1 is 0.895 bits per heavy atom. The summed E-state index contributed by atoms with van der Waals surface area (Å²) in [6.07, 6.45) is 15.1. The van der Waals surface area contributed by atoms with Crippen LogP contribution < -0.4 is 0 Å². The molecule has 1 N–H and O–H groups in total. The van der Waals surface area contributed by atoms with Crippen molar-refractivity contribution in [2.75, 3.05) is 0 Å². The lowest BCUT2D eigenvalue weighted by atomic mass is 10.0. The Morgan fingerprint density at radius 2 is 1.37 bits per heavy atom. The van der Waals surface area contributed by atoms with Gasteiger partial charge in [0.05, 0.1) is 6.10 Å². The summed E-state index contributed by atoms with van der Waals surface area (Å²) >= 11 is 0. The highest BCUT2D eigenvalue weighted by molar-refractivity contribution is 5.75. The van der Waals surface area contributed by atoms with Crippen LogP contribution in [0.5, 0.6) is 0 Å². The van der Waals surface area contributed by atoms with E-state index in [-0.39, 0.29) is 6.10 Å². The second-order valence-corrected chi connectivity index (χ2v) is 5.76. The molecule has 0 saturated carbocycles. The van der Waals surface area contributed by atoms with Gasteiger partial charge in [0.15, 0.2) is 6.10 Å². The third-order valence-electron chi connectivity index (χ3n) is 3.92. The number of hydrogen-bond donors (Lipinski definition) is 1. The first-order valence-electron chi connectivity index (χ1n) is 8.14. The molecule has 0 aliphatic carbocycles. The molecule has 3 heteroatoms. The number of carboxylic acid groups (broad SMARTS) is 1. The first kappa shape index (κ1) is 16.5. The minimum absolute atomic E-state index is 0.0102. The van der Waals surface area contributed by atoms with E-state index >= 15 is 0 Å². The van der Waals surface area contributed by atoms with Gasteiger partial charge in [-0.05, 0) is 6.42 Å². The Bertz CT molecular complexity index is 240. The minimum Gasteiger partial charge on any atom is -0.479 e. The van der Waals surface area contributed by atoms with E-state index in [4.69, 9.17) is 9.84 Å². The summed E-state index contributed by atoms with van der Waals surface area (Å²) in [6.45, 7) is 2.26. The lowest BCUT2D eigenvalue weighted by molar-refractivity contribution is -0.138. The number of unbranched alkanes of at least 4 members (excludes halogenated alkanes) is 10. The monoisotopic (exact) mass is 270 g/mol. The maximum atomic E-state index is 10.5. The van der Waals surface area contributed by atoms with Gasteiger partial charge in [0.2, 0.25) is 0 Å². The predicted octanol–water partition coefficient (Wildman–Crippen LogP) is 4.54. The maximum absolute atomic E-state index is 10.5. The van der Waals surface area contributed by atoms with Gasteiger partial charge in [0, 0.05) is 0 Å². The minimum atomic E-state index is -0.798. The standard InChI is InChI=1S/C16H30O3/c1-2-3-4-5-6-7-8-9-10-11-12-13-14-15(19-14)16(17)18/h14-15H,2-13H2,1H3,(H,17,18). The Morgan fingerprint density at radius 3 is 1.79 bits per heavy atom. The lowest BCUT2D eigenvalue weighted by Crippen LogP contribution is -2.07. The molecule has 0 aromatic carbocycles. The third kappa shape index (κ3) is 8.25. The molecule has 1 aliphatic heterocycles. The van der Waals surface area contributed by atoms with Crippen LogP contribution in [0, 0.1) is 0 Å². The molecule has 0 amide bonds. The smallest absolute Gasteiger partial charge is 0.335 e. The van der Waals surface area contributed by atoms with Crippen LogP contribution in [0.25, 0.3) is 0 Å². The second kappa shape index (κ2) is 10.2. The average molecular weight is 270 g/mol. The number of carbonyl (C=O) groups is 1. The van der Waals surface area contributed by atoms with Gasteiger partial charge in [-0.15, -0.1) is 0 Å². The third-order valence-corrected chi connectivity index (χ3v) is 3.92. The molecule has 1 fully saturated rings. The van der Waals surface area contributed by atoms with Crippen molar-refractivity contribution in [3.8, 4) is 0 Å².